The predicted molar refractivity (Wildman–Crippen MR) is 57.8 cm³/mol. The summed E-state index contributed by atoms with van der Waals surface area (Å²) in [5, 5.41) is 4.82. The minimum absolute atomic E-state index is 0.0611. The van der Waals surface area contributed by atoms with Gasteiger partial charge < -0.3 is 0 Å². The zero-order valence-electron chi connectivity index (χ0n) is 9.03. The van der Waals surface area contributed by atoms with E-state index in [1.54, 1.807) is 0 Å². The molecule has 0 amide bonds. The predicted octanol–water partition coefficient (Wildman–Crippen LogP) is 2.10. The molecule has 96 valence electrons. The van der Waals surface area contributed by atoms with Crippen LogP contribution in [-0.2, 0) is 16.2 Å². The van der Waals surface area contributed by atoms with Gasteiger partial charge in [-0.3, -0.25) is 0 Å². The average molecular weight is 267 g/mol. The second-order valence-corrected chi connectivity index (χ2v) is 5.47. The summed E-state index contributed by atoms with van der Waals surface area (Å²) in [7, 11) is -3.80. The fraction of sp³-hybridized carbons (Fsp3) is 0.400. The van der Waals surface area contributed by atoms with E-state index in [9.17, 15) is 21.6 Å². The quantitative estimate of drug-likeness (QED) is 0.911. The Bertz CT molecular complexity index is 497. The number of hydrogen-bond donors (Lipinski definition) is 1. The first-order chi connectivity index (χ1) is 7.61. The van der Waals surface area contributed by atoms with Crippen molar-refractivity contribution in [1.29, 1.82) is 0 Å². The first-order valence-corrected chi connectivity index (χ1v) is 6.49. The summed E-state index contributed by atoms with van der Waals surface area (Å²) < 4.78 is 59.7. The fourth-order valence-corrected chi connectivity index (χ4v) is 2.50. The summed E-state index contributed by atoms with van der Waals surface area (Å²) in [4.78, 5) is 0. The second-order valence-electron chi connectivity index (χ2n) is 3.82. The first-order valence-electron chi connectivity index (χ1n) is 4.78. The van der Waals surface area contributed by atoms with Gasteiger partial charge in [0.25, 0.3) is 0 Å². The summed E-state index contributed by atoms with van der Waals surface area (Å²) in [5.74, 6) is -1.32. The molecule has 2 N–H and O–H groups in total. The van der Waals surface area contributed by atoms with Crippen LogP contribution in [0.25, 0.3) is 0 Å². The van der Waals surface area contributed by atoms with Gasteiger partial charge in [0.15, 0.2) is 0 Å². The van der Waals surface area contributed by atoms with Gasteiger partial charge in [-0.25, -0.2) is 13.6 Å². The van der Waals surface area contributed by atoms with Crippen molar-refractivity contribution in [3.8, 4) is 0 Å². The van der Waals surface area contributed by atoms with Crippen molar-refractivity contribution in [2.24, 2.45) is 5.14 Å². The van der Waals surface area contributed by atoms with Crippen molar-refractivity contribution in [2.75, 3.05) is 5.75 Å². The maximum atomic E-state index is 12.7. The number of hydrogen-bond acceptors (Lipinski definition) is 2. The molecule has 1 aromatic rings. The summed E-state index contributed by atoms with van der Waals surface area (Å²) in [6, 6.07) is 4.88. The molecule has 0 aliphatic rings. The van der Waals surface area contributed by atoms with E-state index in [0.717, 1.165) is 6.07 Å². The third-order valence-corrected chi connectivity index (χ3v) is 3.24. The fourth-order valence-electron chi connectivity index (χ4n) is 1.62. The molecule has 0 fully saturated rings. The molecule has 0 radical (unpaired) electrons. The zero-order valence-corrected chi connectivity index (χ0v) is 9.85. The van der Waals surface area contributed by atoms with Crippen LogP contribution in [0, 0.1) is 0 Å². The molecule has 1 rings (SSSR count). The van der Waals surface area contributed by atoms with Gasteiger partial charge in [0.05, 0.1) is 11.3 Å². The van der Waals surface area contributed by atoms with Crippen LogP contribution in [0.4, 0.5) is 13.2 Å². The Kier molecular flexibility index (Phi) is 3.83. The Labute approximate surface area is 97.5 Å². The highest BCUT2D eigenvalue weighted by atomic mass is 32.2. The maximum absolute atomic E-state index is 12.7. The summed E-state index contributed by atoms with van der Waals surface area (Å²) >= 11 is 0. The van der Waals surface area contributed by atoms with Crippen LogP contribution in [-0.4, -0.2) is 14.2 Å². The van der Waals surface area contributed by atoms with Crippen molar-refractivity contribution in [2.45, 2.75) is 19.0 Å². The van der Waals surface area contributed by atoms with E-state index in [2.05, 4.69) is 0 Å². The summed E-state index contributed by atoms with van der Waals surface area (Å²) in [6.07, 6.45) is -4.50. The Morgan fingerprint density at radius 3 is 2.29 bits per heavy atom. The highest BCUT2D eigenvalue weighted by Crippen LogP contribution is 2.35. The van der Waals surface area contributed by atoms with E-state index in [-0.39, 0.29) is 5.56 Å². The standard InChI is InChI=1S/C10H12F3NO2S/c1-7(6-17(14,15)16)8-4-2-3-5-9(8)10(11,12)13/h2-5,7H,6H2,1H3,(H2,14,15,16). The third kappa shape index (κ3) is 4.01. The second kappa shape index (κ2) is 4.66. The maximum Gasteiger partial charge on any atom is 0.416 e. The number of sulfonamides is 1. The van der Waals surface area contributed by atoms with E-state index in [4.69, 9.17) is 5.14 Å². The van der Waals surface area contributed by atoms with Crippen molar-refractivity contribution >= 4 is 10.0 Å². The number of primary sulfonamides is 1. The number of rotatable bonds is 3. The van der Waals surface area contributed by atoms with Crippen molar-refractivity contribution in [3.05, 3.63) is 35.4 Å². The highest BCUT2D eigenvalue weighted by Gasteiger charge is 2.34. The third-order valence-electron chi connectivity index (χ3n) is 2.28. The molecule has 7 heteroatoms. The minimum Gasteiger partial charge on any atom is -0.229 e. The molecule has 0 heterocycles. The molecule has 0 saturated carbocycles. The largest absolute Gasteiger partial charge is 0.416 e. The van der Waals surface area contributed by atoms with E-state index in [1.807, 2.05) is 0 Å². The number of benzene rings is 1. The molecule has 1 atom stereocenters. The van der Waals surface area contributed by atoms with Crippen molar-refractivity contribution in [1.82, 2.24) is 0 Å². The van der Waals surface area contributed by atoms with Gasteiger partial charge in [0, 0.05) is 0 Å². The number of halogens is 3. The Balaban J connectivity index is 3.14. The number of nitrogens with two attached hydrogens (primary N) is 1. The van der Waals surface area contributed by atoms with E-state index in [1.165, 1.54) is 25.1 Å². The van der Waals surface area contributed by atoms with E-state index < -0.39 is 33.4 Å². The molecule has 0 aromatic heterocycles. The molecular formula is C10H12F3NO2S. The average Bonchev–Trinajstić information content (AvgIpc) is 2.13. The molecule has 3 nitrogen and oxygen atoms in total. The van der Waals surface area contributed by atoms with Gasteiger partial charge in [-0.15, -0.1) is 0 Å². The lowest BCUT2D eigenvalue weighted by molar-refractivity contribution is -0.138. The topological polar surface area (TPSA) is 60.2 Å². The van der Waals surface area contributed by atoms with Gasteiger partial charge in [-0.2, -0.15) is 13.2 Å². The summed E-state index contributed by atoms with van der Waals surface area (Å²) in [6.45, 7) is 1.40. The van der Waals surface area contributed by atoms with Crippen molar-refractivity contribution in [3.63, 3.8) is 0 Å². The lowest BCUT2D eigenvalue weighted by Crippen LogP contribution is -2.22. The zero-order chi connectivity index (χ0) is 13.3. The minimum atomic E-state index is -4.50. The van der Waals surface area contributed by atoms with Crippen LogP contribution >= 0.6 is 0 Å². The van der Waals surface area contributed by atoms with Crippen molar-refractivity contribution < 1.29 is 21.6 Å². The monoisotopic (exact) mass is 267 g/mol. The first kappa shape index (κ1) is 14.0. The molecular weight excluding hydrogens is 255 g/mol. The molecule has 1 aromatic carbocycles. The van der Waals surface area contributed by atoms with Gasteiger partial charge in [0.1, 0.15) is 0 Å². The molecule has 0 saturated heterocycles. The molecule has 0 spiro atoms. The van der Waals surface area contributed by atoms with Crippen LogP contribution in [0.5, 0.6) is 0 Å². The molecule has 0 aliphatic carbocycles. The normalized spacial score (nSPS) is 14.6. The molecule has 1 unspecified atom stereocenters. The van der Waals surface area contributed by atoms with Crippen LogP contribution < -0.4 is 5.14 Å². The summed E-state index contributed by atoms with van der Waals surface area (Å²) in [5.41, 5.74) is -0.884. The Morgan fingerprint density at radius 2 is 1.82 bits per heavy atom. The van der Waals surface area contributed by atoms with E-state index >= 15 is 0 Å². The number of alkyl halides is 3. The van der Waals surface area contributed by atoms with Gasteiger partial charge in [-0.1, -0.05) is 25.1 Å². The van der Waals surface area contributed by atoms with Crippen LogP contribution in [0.15, 0.2) is 24.3 Å². The SMILES string of the molecule is CC(CS(N)(=O)=O)c1ccccc1C(F)(F)F. The smallest absolute Gasteiger partial charge is 0.229 e. The van der Waals surface area contributed by atoms with E-state index in [0.29, 0.717) is 0 Å². The molecule has 0 bridgehead atoms. The van der Waals surface area contributed by atoms with Crippen LogP contribution in [0.1, 0.15) is 24.0 Å². The lowest BCUT2D eigenvalue weighted by Gasteiger charge is -2.17. The molecule has 17 heavy (non-hydrogen) atoms. The highest BCUT2D eigenvalue weighted by molar-refractivity contribution is 7.89. The van der Waals surface area contributed by atoms with Crippen LogP contribution in [0.2, 0.25) is 0 Å². The van der Waals surface area contributed by atoms with Gasteiger partial charge >= 0.3 is 6.18 Å². The lowest BCUT2D eigenvalue weighted by atomic mass is 9.97. The Hall–Kier alpha value is -1.08. The Morgan fingerprint density at radius 1 is 1.29 bits per heavy atom. The molecule has 0 aliphatic heterocycles. The van der Waals surface area contributed by atoms with Gasteiger partial charge in [-0.05, 0) is 17.5 Å². The van der Waals surface area contributed by atoms with Gasteiger partial charge in [0.2, 0.25) is 10.0 Å². The van der Waals surface area contributed by atoms with Crippen LogP contribution in [0.3, 0.4) is 0 Å².